The molecule has 2 unspecified atom stereocenters. The van der Waals surface area contributed by atoms with E-state index in [0.717, 1.165) is 0 Å². The van der Waals surface area contributed by atoms with Gasteiger partial charge in [-0.15, -0.1) is 0 Å². The normalized spacial score (nSPS) is 13.6. The second kappa shape index (κ2) is 7.77. The fraction of sp³-hybridized carbons (Fsp3) is 0.538. The lowest BCUT2D eigenvalue weighted by Gasteiger charge is -2.30. The number of hydrogen-bond acceptors (Lipinski definition) is 7. The molecule has 21 heavy (non-hydrogen) atoms. The van der Waals surface area contributed by atoms with Crippen LogP contribution < -0.4 is 10.2 Å². The third-order valence-electron chi connectivity index (χ3n) is 2.93. The Morgan fingerprint density at radius 2 is 1.95 bits per heavy atom. The maximum absolute atomic E-state index is 11.1. The Morgan fingerprint density at radius 1 is 1.33 bits per heavy atom. The minimum absolute atomic E-state index is 0.00326. The number of nitro groups is 1. The summed E-state index contributed by atoms with van der Waals surface area (Å²) >= 11 is 0. The van der Waals surface area contributed by atoms with E-state index in [1.54, 1.807) is 6.07 Å². The van der Waals surface area contributed by atoms with E-state index < -0.39 is 17.4 Å². The van der Waals surface area contributed by atoms with E-state index in [0.29, 0.717) is 24.3 Å². The summed E-state index contributed by atoms with van der Waals surface area (Å²) in [4.78, 5) is 11.9. The Balaban J connectivity index is 3.10. The smallest absolute Gasteiger partial charge is 0.294 e. The van der Waals surface area contributed by atoms with Crippen LogP contribution in [0.4, 0.5) is 17.1 Å². The average molecular weight is 299 g/mol. The molecule has 0 bridgehead atoms. The molecule has 4 N–H and O–H groups in total. The quantitative estimate of drug-likeness (QED) is 0.243. The van der Waals surface area contributed by atoms with E-state index in [2.05, 4.69) is 5.32 Å². The van der Waals surface area contributed by atoms with Crippen LogP contribution in [0.25, 0.3) is 0 Å². The first-order chi connectivity index (χ1) is 9.88. The van der Waals surface area contributed by atoms with E-state index in [-0.39, 0.29) is 12.3 Å². The fourth-order valence-corrected chi connectivity index (χ4v) is 2.03. The van der Waals surface area contributed by atoms with Crippen molar-refractivity contribution in [2.45, 2.75) is 32.7 Å². The second-order valence-electron chi connectivity index (χ2n) is 4.63. The van der Waals surface area contributed by atoms with E-state index in [1.807, 2.05) is 0 Å². The zero-order chi connectivity index (χ0) is 16.0. The molecule has 0 aromatic heterocycles. The van der Waals surface area contributed by atoms with E-state index in [1.165, 1.54) is 30.9 Å². The second-order valence-corrected chi connectivity index (χ2v) is 4.63. The van der Waals surface area contributed by atoms with Crippen LogP contribution >= 0.6 is 0 Å². The number of aliphatic hydroxyl groups excluding tert-OH is 3. The van der Waals surface area contributed by atoms with Gasteiger partial charge in [-0.2, -0.15) is 0 Å². The van der Waals surface area contributed by atoms with Crippen molar-refractivity contribution in [2.75, 3.05) is 23.4 Å². The summed E-state index contributed by atoms with van der Waals surface area (Å²) < 4.78 is 0. The topological polar surface area (TPSA) is 119 Å². The molecule has 1 aromatic carbocycles. The number of benzene rings is 1. The minimum atomic E-state index is -0.988. The first-order valence-electron chi connectivity index (χ1n) is 6.66. The Kier molecular flexibility index (Phi) is 6.35. The molecule has 0 fully saturated rings. The van der Waals surface area contributed by atoms with Crippen molar-refractivity contribution < 1.29 is 20.2 Å². The predicted octanol–water partition coefficient (Wildman–Crippen LogP) is 0.872. The number of hydrogen-bond donors (Lipinski definition) is 4. The van der Waals surface area contributed by atoms with Crippen LogP contribution in [-0.4, -0.2) is 45.9 Å². The molecular formula is C13H21N3O5. The van der Waals surface area contributed by atoms with Crippen molar-refractivity contribution in [3.8, 4) is 0 Å². The first kappa shape index (κ1) is 17.2. The van der Waals surface area contributed by atoms with Gasteiger partial charge in [0.1, 0.15) is 18.1 Å². The van der Waals surface area contributed by atoms with Gasteiger partial charge in [0.05, 0.1) is 4.92 Å². The third kappa shape index (κ3) is 4.55. The standard InChI is InChI=1S/C13H21N3O5/c1-9(18)15(10(2)19)11-4-5-12(14-6-3-7-17)13(8-11)16(20)21/h4-5,8-10,14,17-19H,3,6-7H2,1-2H3. The van der Waals surface area contributed by atoms with Crippen molar-refractivity contribution in [2.24, 2.45) is 0 Å². The van der Waals surface area contributed by atoms with Gasteiger partial charge in [-0.25, -0.2) is 0 Å². The summed E-state index contributed by atoms with van der Waals surface area (Å²) in [6.07, 6.45) is -1.50. The molecule has 8 nitrogen and oxygen atoms in total. The molecule has 0 amide bonds. The Bertz CT molecular complexity index is 471. The molecule has 0 spiro atoms. The molecule has 0 aliphatic carbocycles. The molecule has 1 aromatic rings. The minimum Gasteiger partial charge on any atom is -0.396 e. The van der Waals surface area contributed by atoms with E-state index >= 15 is 0 Å². The van der Waals surface area contributed by atoms with Crippen LogP contribution in [0.5, 0.6) is 0 Å². The summed E-state index contributed by atoms with van der Waals surface area (Å²) in [7, 11) is 0. The molecule has 0 aliphatic heterocycles. The number of anilines is 2. The van der Waals surface area contributed by atoms with Gasteiger partial charge in [0.25, 0.3) is 5.69 Å². The Hall–Kier alpha value is -1.90. The summed E-state index contributed by atoms with van der Waals surface area (Å²) in [5, 5.41) is 42.1. The highest BCUT2D eigenvalue weighted by molar-refractivity contribution is 5.68. The van der Waals surface area contributed by atoms with Gasteiger partial charge in [0.2, 0.25) is 0 Å². The van der Waals surface area contributed by atoms with Crippen LogP contribution in [0.1, 0.15) is 20.3 Å². The van der Waals surface area contributed by atoms with E-state index in [9.17, 15) is 20.3 Å². The number of nitrogens with zero attached hydrogens (tertiary/aromatic N) is 2. The van der Waals surface area contributed by atoms with Crippen LogP contribution in [-0.2, 0) is 0 Å². The number of aliphatic hydroxyl groups is 3. The Labute approximate surface area is 122 Å². The Morgan fingerprint density at radius 3 is 2.43 bits per heavy atom. The maximum Gasteiger partial charge on any atom is 0.294 e. The van der Waals surface area contributed by atoms with Crippen molar-refractivity contribution >= 4 is 17.1 Å². The van der Waals surface area contributed by atoms with Gasteiger partial charge >= 0.3 is 0 Å². The fourth-order valence-electron chi connectivity index (χ4n) is 2.03. The summed E-state index contributed by atoms with van der Waals surface area (Å²) in [6.45, 7) is 3.34. The lowest BCUT2D eigenvalue weighted by molar-refractivity contribution is -0.383. The van der Waals surface area contributed by atoms with Crippen LogP contribution in [0.3, 0.4) is 0 Å². The zero-order valence-electron chi connectivity index (χ0n) is 12.1. The molecule has 118 valence electrons. The molecular weight excluding hydrogens is 278 g/mol. The van der Waals surface area contributed by atoms with Gasteiger partial charge in [0.15, 0.2) is 0 Å². The summed E-state index contributed by atoms with van der Waals surface area (Å²) in [5.74, 6) is 0. The maximum atomic E-state index is 11.1. The molecule has 0 saturated carbocycles. The number of rotatable bonds is 8. The van der Waals surface area contributed by atoms with Crippen LogP contribution in [0.2, 0.25) is 0 Å². The monoisotopic (exact) mass is 299 g/mol. The summed E-state index contributed by atoms with van der Waals surface area (Å²) in [5.41, 5.74) is 0.518. The van der Waals surface area contributed by atoms with Gasteiger partial charge in [-0.05, 0) is 32.4 Å². The predicted molar refractivity (Wildman–Crippen MR) is 79.1 cm³/mol. The van der Waals surface area contributed by atoms with Gasteiger partial charge in [-0.3, -0.25) is 10.1 Å². The van der Waals surface area contributed by atoms with Crippen molar-refractivity contribution in [3.63, 3.8) is 0 Å². The van der Waals surface area contributed by atoms with Crippen molar-refractivity contribution in [1.82, 2.24) is 0 Å². The molecule has 0 aliphatic rings. The largest absolute Gasteiger partial charge is 0.396 e. The van der Waals surface area contributed by atoms with Crippen LogP contribution in [0.15, 0.2) is 18.2 Å². The molecule has 2 atom stereocenters. The molecule has 0 saturated heterocycles. The van der Waals surface area contributed by atoms with Gasteiger partial charge in [0, 0.05) is 24.9 Å². The lowest BCUT2D eigenvalue weighted by Crippen LogP contribution is -2.40. The zero-order valence-corrected chi connectivity index (χ0v) is 12.1. The molecule has 0 radical (unpaired) electrons. The molecule has 8 heteroatoms. The third-order valence-corrected chi connectivity index (χ3v) is 2.93. The number of nitrogens with one attached hydrogen (secondary N) is 1. The summed E-state index contributed by atoms with van der Waals surface area (Å²) in [6, 6.07) is 4.39. The van der Waals surface area contributed by atoms with Crippen LogP contribution in [0, 0.1) is 10.1 Å². The van der Waals surface area contributed by atoms with Gasteiger partial charge in [-0.1, -0.05) is 0 Å². The van der Waals surface area contributed by atoms with Crippen molar-refractivity contribution in [1.29, 1.82) is 0 Å². The highest BCUT2D eigenvalue weighted by Gasteiger charge is 2.21. The highest BCUT2D eigenvalue weighted by Crippen LogP contribution is 2.31. The highest BCUT2D eigenvalue weighted by atomic mass is 16.6. The number of nitro benzene ring substituents is 1. The molecule has 1 rings (SSSR count). The van der Waals surface area contributed by atoms with Crippen molar-refractivity contribution in [3.05, 3.63) is 28.3 Å². The SMILES string of the molecule is CC(O)N(c1ccc(NCCCO)c([N+](=O)[O-])c1)C(C)O. The molecule has 0 heterocycles. The lowest BCUT2D eigenvalue weighted by atomic mass is 10.2. The first-order valence-corrected chi connectivity index (χ1v) is 6.66. The van der Waals surface area contributed by atoms with Gasteiger partial charge < -0.3 is 25.5 Å². The average Bonchev–Trinajstić information content (AvgIpc) is 2.39. The van der Waals surface area contributed by atoms with E-state index in [4.69, 9.17) is 5.11 Å².